The molecule has 1 aromatic rings. The van der Waals surface area contributed by atoms with E-state index in [1.165, 1.54) is 0 Å². The summed E-state index contributed by atoms with van der Waals surface area (Å²) in [4.78, 5) is 18.6. The van der Waals surface area contributed by atoms with Crippen molar-refractivity contribution < 1.29 is 14.6 Å². The van der Waals surface area contributed by atoms with Crippen LogP contribution in [0.3, 0.4) is 0 Å². The first-order valence-corrected chi connectivity index (χ1v) is 7.26. The predicted octanol–water partition coefficient (Wildman–Crippen LogP) is 0.819. The van der Waals surface area contributed by atoms with Gasteiger partial charge in [0.25, 0.3) is 5.91 Å². The molecule has 2 aliphatic heterocycles. The molecule has 110 valence electrons. The highest BCUT2D eigenvalue weighted by Crippen LogP contribution is 2.27. The minimum atomic E-state index is -0.00843. The Morgan fingerprint density at radius 2 is 2.19 bits per heavy atom. The molecule has 5 nitrogen and oxygen atoms in total. The average Bonchev–Trinajstić information content (AvgIpc) is 2.85. The highest BCUT2D eigenvalue weighted by molar-refractivity contribution is 5.96. The highest BCUT2D eigenvalue weighted by atomic mass is 16.5. The Morgan fingerprint density at radius 3 is 2.90 bits per heavy atom. The Kier molecular flexibility index (Phi) is 4.18. The zero-order chi connectivity index (χ0) is 14.7. The Morgan fingerprint density at radius 1 is 1.43 bits per heavy atom. The molecule has 2 unspecified atom stereocenters. The van der Waals surface area contributed by atoms with Crippen LogP contribution >= 0.6 is 0 Å². The summed E-state index contributed by atoms with van der Waals surface area (Å²) in [5, 5.41) is 8.78. The fourth-order valence-electron chi connectivity index (χ4n) is 2.85. The number of ether oxygens (including phenoxy) is 1. The first-order chi connectivity index (χ1) is 10.3. The number of rotatable bonds is 2. The molecule has 2 aliphatic rings. The maximum absolute atomic E-state index is 12.7. The number of aliphatic hydroxyl groups excluding tert-OH is 1. The molecule has 2 saturated heterocycles. The van der Waals surface area contributed by atoms with E-state index in [0.29, 0.717) is 30.6 Å². The molecular weight excluding hydrogens is 268 g/mol. The Bertz CT molecular complexity index is 579. The molecule has 2 atom stereocenters. The topological polar surface area (TPSA) is 62.7 Å². The van der Waals surface area contributed by atoms with Crippen LogP contribution in [0, 0.1) is 11.8 Å². The summed E-state index contributed by atoms with van der Waals surface area (Å²) < 4.78 is 5.76. The molecule has 21 heavy (non-hydrogen) atoms. The number of fused-ring (bicyclic) bond motifs is 2. The number of hydrogen-bond donors (Lipinski definition) is 1. The second-order valence-electron chi connectivity index (χ2n) is 5.36. The third kappa shape index (κ3) is 3.07. The van der Waals surface area contributed by atoms with E-state index in [9.17, 15) is 4.79 Å². The third-order valence-electron chi connectivity index (χ3n) is 3.84. The number of likely N-dealkylation sites (tertiary alicyclic amines) is 1. The third-order valence-corrected chi connectivity index (χ3v) is 3.84. The van der Waals surface area contributed by atoms with Crippen molar-refractivity contribution in [1.29, 1.82) is 0 Å². The fraction of sp³-hybridized carbons (Fsp3) is 0.500. The molecular formula is C16H18N2O3. The highest BCUT2D eigenvalue weighted by Gasteiger charge is 2.36. The van der Waals surface area contributed by atoms with Gasteiger partial charge >= 0.3 is 0 Å². The lowest BCUT2D eigenvalue weighted by Gasteiger charge is -2.32. The maximum Gasteiger partial charge on any atom is 0.255 e. The van der Waals surface area contributed by atoms with Gasteiger partial charge in [0, 0.05) is 31.9 Å². The first-order valence-electron chi connectivity index (χ1n) is 7.26. The molecule has 5 heteroatoms. The van der Waals surface area contributed by atoms with Crippen LogP contribution in [0.5, 0.6) is 0 Å². The number of carbonyl (C=O) groups is 1. The monoisotopic (exact) mass is 286 g/mol. The van der Waals surface area contributed by atoms with Crippen LogP contribution in [0.25, 0.3) is 0 Å². The van der Waals surface area contributed by atoms with Crippen LogP contribution in [0.1, 0.15) is 35.2 Å². The van der Waals surface area contributed by atoms with Crippen LogP contribution in [0.2, 0.25) is 0 Å². The molecule has 0 aliphatic carbocycles. The van der Waals surface area contributed by atoms with Gasteiger partial charge in [0.2, 0.25) is 0 Å². The van der Waals surface area contributed by atoms with E-state index in [-0.39, 0.29) is 24.7 Å². The summed E-state index contributed by atoms with van der Waals surface area (Å²) in [6.07, 6.45) is 6.04. The molecule has 2 bridgehead atoms. The van der Waals surface area contributed by atoms with Crippen molar-refractivity contribution in [3.8, 4) is 11.8 Å². The minimum Gasteiger partial charge on any atom is -0.395 e. The van der Waals surface area contributed by atoms with Gasteiger partial charge < -0.3 is 14.7 Å². The van der Waals surface area contributed by atoms with Crippen molar-refractivity contribution in [3.05, 3.63) is 29.6 Å². The van der Waals surface area contributed by atoms with Crippen LogP contribution in [0.15, 0.2) is 18.5 Å². The molecule has 1 amide bonds. The standard InChI is InChI=1S/C16H18N2O3/c19-8-2-1-3-12-9-17-7-6-15(12)16(20)18-10-13-4-5-14(11-18)21-13/h6-7,9,13-14,19H,2,4-5,8,10-11H2. The zero-order valence-electron chi connectivity index (χ0n) is 11.8. The normalized spacial score (nSPS) is 23.6. The number of morpholine rings is 1. The molecule has 1 N–H and O–H groups in total. The van der Waals surface area contributed by atoms with Gasteiger partial charge in [-0.15, -0.1) is 0 Å². The van der Waals surface area contributed by atoms with Crippen LogP contribution in [-0.2, 0) is 4.74 Å². The summed E-state index contributed by atoms with van der Waals surface area (Å²) in [6, 6.07) is 1.71. The van der Waals surface area contributed by atoms with E-state index < -0.39 is 0 Å². The van der Waals surface area contributed by atoms with Crippen LogP contribution in [-0.4, -0.2) is 52.8 Å². The quantitative estimate of drug-likeness (QED) is 0.818. The van der Waals surface area contributed by atoms with Crippen molar-refractivity contribution in [3.63, 3.8) is 0 Å². The number of aromatic nitrogens is 1. The van der Waals surface area contributed by atoms with Crippen LogP contribution in [0.4, 0.5) is 0 Å². The lowest BCUT2D eigenvalue weighted by atomic mass is 10.1. The van der Waals surface area contributed by atoms with Crippen LogP contribution < -0.4 is 0 Å². The van der Waals surface area contributed by atoms with E-state index in [4.69, 9.17) is 9.84 Å². The van der Waals surface area contributed by atoms with E-state index in [1.807, 2.05) is 4.90 Å². The maximum atomic E-state index is 12.7. The lowest BCUT2D eigenvalue weighted by molar-refractivity contribution is -0.0303. The van der Waals surface area contributed by atoms with Gasteiger partial charge in [-0.3, -0.25) is 9.78 Å². The predicted molar refractivity (Wildman–Crippen MR) is 76.6 cm³/mol. The first kappa shape index (κ1) is 14.1. The summed E-state index contributed by atoms with van der Waals surface area (Å²) >= 11 is 0. The van der Waals surface area contributed by atoms with Gasteiger partial charge in [0.1, 0.15) is 0 Å². The molecule has 2 fully saturated rings. The van der Waals surface area contributed by atoms with E-state index in [2.05, 4.69) is 16.8 Å². The second kappa shape index (κ2) is 6.25. The summed E-state index contributed by atoms with van der Waals surface area (Å²) in [6.45, 7) is 1.33. The van der Waals surface area contributed by atoms with Gasteiger partial charge in [-0.25, -0.2) is 0 Å². The average molecular weight is 286 g/mol. The summed E-state index contributed by atoms with van der Waals surface area (Å²) in [7, 11) is 0. The van der Waals surface area contributed by atoms with Crippen molar-refractivity contribution in [1.82, 2.24) is 9.88 Å². The number of nitrogens with zero attached hydrogens (tertiary/aromatic N) is 2. The van der Waals surface area contributed by atoms with Crippen molar-refractivity contribution >= 4 is 5.91 Å². The van der Waals surface area contributed by atoms with Crippen molar-refractivity contribution in [2.75, 3.05) is 19.7 Å². The molecule has 0 radical (unpaired) electrons. The van der Waals surface area contributed by atoms with Crippen molar-refractivity contribution in [2.45, 2.75) is 31.5 Å². The molecule has 0 aromatic carbocycles. The van der Waals surface area contributed by atoms with Gasteiger partial charge in [-0.05, 0) is 18.9 Å². The number of carbonyl (C=O) groups excluding carboxylic acids is 1. The number of pyridine rings is 1. The zero-order valence-corrected chi connectivity index (χ0v) is 11.8. The van der Waals surface area contributed by atoms with E-state index >= 15 is 0 Å². The van der Waals surface area contributed by atoms with Gasteiger partial charge in [0.05, 0.1) is 29.9 Å². The molecule has 3 heterocycles. The van der Waals surface area contributed by atoms with E-state index in [0.717, 1.165) is 12.8 Å². The fourth-order valence-corrected chi connectivity index (χ4v) is 2.85. The molecule has 3 rings (SSSR count). The largest absolute Gasteiger partial charge is 0.395 e. The molecule has 0 spiro atoms. The number of amides is 1. The Hall–Kier alpha value is -1.90. The molecule has 0 saturated carbocycles. The summed E-state index contributed by atoms with van der Waals surface area (Å²) in [5.41, 5.74) is 1.20. The smallest absolute Gasteiger partial charge is 0.255 e. The Balaban J connectivity index is 1.80. The lowest BCUT2D eigenvalue weighted by Crippen LogP contribution is -2.46. The minimum absolute atomic E-state index is 0.00843. The van der Waals surface area contributed by atoms with Gasteiger partial charge in [-0.2, -0.15) is 0 Å². The van der Waals surface area contributed by atoms with Crippen molar-refractivity contribution in [2.24, 2.45) is 0 Å². The summed E-state index contributed by atoms with van der Waals surface area (Å²) in [5.74, 6) is 5.76. The van der Waals surface area contributed by atoms with Gasteiger partial charge in [0.15, 0.2) is 0 Å². The molecule has 1 aromatic heterocycles. The van der Waals surface area contributed by atoms with Gasteiger partial charge in [-0.1, -0.05) is 11.8 Å². The number of hydrogen-bond acceptors (Lipinski definition) is 4. The number of aliphatic hydroxyl groups is 1. The second-order valence-corrected chi connectivity index (χ2v) is 5.36. The van der Waals surface area contributed by atoms with E-state index in [1.54, 1.807) is 18.5 Å². The SMILES string of the molecule is O=C(c1ccncc1C#CCCO)N1CC2CCC(C1)O2. The Labute approximate surface area is 123 Å².